The molecule has 5 aromatic carbocycles. The number of rotatable bonds is 6. The van der Waals surface area contributed by atoms with Crippen LogP contribution in [-0.2, 0) is 5.41 Å². The number of pyridine rings is 1. The quantitative estimate of drug-likeness (QED) is 0.180. The predicted molar refractivity (Wildman–Crippen MR) is 189 cm³/mol. The van der Waals surface area contributed by atoms with Crippen molar-refractivity contribution in [3.05, 3.63) is 198 Å². The molecule has 1 atom stereocenters. The van der Waals surface area contributed by atoms with Crippen molar-refractivity contribution in [1.82, 2.24) is 9.55 Å². The van der Waals surface area contributed by atoms with Crippen LogP contribution in [0.25, 0.3) is 44.2 Å². The molecule has 1 aliphatic carbocycles. The van der Waals surface area contributed by atoms with Gasteiger partial charge in [0, 0.05) is 28.9 Å². The van der Waals surface area contributed by atoms with Gasteiger partial charge in [0.25, 0.3) is 0 Å². The molecule has 2 heteroatoms. The van der Waals surface area contributed by atoms with Crippen LogP contribution in [0.1, 0.15) is 34.7 Å². The Morgan fingerprint density at radius 1 is 0.644 bits per heavy atom. The van der Waals surface area contributed by atoms with Crippen LogP contribution in [0, 0.1) is 0 Å². The topological polar surface area (TPSA) is 17.8 Å². The first-order valence-corrected chi connectivity index (χ1v) is 15.4. The summed E-state index contributed by atoms with van der Waals surface area (Å²) in [7, 11) is 0. The minimum atomic E-state index is -0.440. The van der Waals surface area contributed by atoms with Crippen LogP contribution in [0.3, 0.4) is 0 Å². The van der Waals surface area contributed by atoms with Gasteiger partial charge in [-0.05, 0) is 87.9 Å². The standard InChI is InChI=1S/C43H32N2/c1-3-34(45-41-21-11-8-18-36(41)37-19-9-12-22-42(37)45)25-23-30(2)31-24-26-40-38(28-31)35-17-7-10-20-39(35)43(40,32-14-5-4-6-15-32)33-16-13-27-44-29-33/h3-29H,1H2,2H3/b30-23+,34-25+. The third kappa shape index (κ3) is 4.07. The van der Waals surface area contributed by atoms with Gasteiger partial charge in [-0.25, -0.2) is 0 Å². The molecular weight excluding hydrogens is 544 g/mol. The Morgan fingerprint density at radius 2 is 1.29 bits per heavy atom. The van der Waals surface area contributed by atoms with Crippen molar-refractivity contribution < 1.29 is 0 Å². The lowest BCUT2D eigenvalue weighted by atomic mass is 9.68. The highest BCUT2D eigenvalue weighted by Crippen LogP contribution is 2.56. The summed E-state index contributed by atoms with van der Waals surface area (Å²) in [6, 6.07) is 48.1. The molecule has 0 saturated carbocycles. The molecule has 0 N–H and O–H groups in total. The molecular formula is C43H32N2. The third-order valence-electron chi connectivity index (χ3n) is 9.35. The maximum atomic E-state index is 4.57. The maximum absolute atomic E-state index is 4.57. The van der Waals surface area contributed by atoms with E-state index in [0.29, 0.717) is 0 Å². The summed E-state index contributed by atoms with van der Waals surface area (Å²) in [4.78, 5) is 4.57. The first kappa shape index (κ1) is 26.9. The normalized spacial score (nSPS) is 16.1. The molecule has 0 radical (unpaired) electrons. The largest absolute Gasteiger partial charge is 0.309 e. The fraction of sp³-hybridized carbons (Fsp3) is 0.0465. The average Bonchev–Trinajstić information content (AvgIpc) is 3.60. The summed E-state index contributed by atoms with van der Waals surface area (Å²) in [5, 5.41) is 2.49. The Balaban J connectivity index is 1.28. The Morgan fingerprint density at radius 3 is 2.00 bits per heavy atom. The predicted octanol–water partition coefficient (Wildman–Crippen LogP) is 10.7. The van der Waals surface area contributed by atoms with E-state index >= 15 is 0 Å². The summed E-state index contributed by atoms with van der Waals surface area (Å²) in [5.74, 6) is 0. The van der Waals surface area contributed by atoms with Crippen LogP contribution in [0.4, 0.5) is 0 Å². The molecule has 0 saturated heterocycles. The molecule has 45 heavy (non-hydrogen) atoms. The second-order valence-corrected chi connectivity index (χ2v) is 11.7. The van der Waals surface area contributed by atoms with Gasteiger partial charge in [0.05, 0.1) is 16.4 Å². The van der Waals surface area contributed by atoms with Crippen molar-refractivity contribution in [2.75, 3.05) is 0 Å². The highest BCUT2D eigenvalue weighted by molar-refractivity contribution is 6.10. The summed E-state index contributed by atoms with van der Waals surface area (Å²) < 4.78 is 2.31. The van der Waals surface area contributed by atoms with Crippen molar-refractivity contribution in [1.29, 1.82) is 0 Å². The molecule has 0 amide bonds. The van der Waals surface area contributed by atoms with E-state index in [2.05, 4.69) is 163 Å². The van der Waals surface area contributed by atoms with E-state index in [1.165, 1.54) is 66.3 Å². The number of hydrogen-bond donors (Lipinski definition) is 0. The number of benzene rings is 5. The van der Waals surface area contributed by atoms with Crippen LogP contribution in [0.15, 0.2) is 171 Å². The van der Waals surface area contributed by atoms with Gasteiger partial charge in [0.15, 0.2) is 0 Å². The van der Waals surface area contributed by atoms with Crippen molar-refractivity contribution in [3.63, 3.8) is 0 Å². The fourth-order valence-electron chi connectivity index (χ4n) is 7.33. The molecule has 8 rings (SSSR count). The molecule has 1 unspecified atom stereocenters. The number of nitrogens with zero attached hydrogens (tertiary/aromatic N) is 2. The third-order valence-corrected chi connectivity index (χ3v) is 9.35. The molecule has 2 aromatic heterocycles. The Hall–Kier alpha value is -5.73. The zero-order chi connectivity index (χ0) is 30.4. The number of fused-ring (bicyclic) bond motifs is 6. The molecule has 1 aliphatic rings. The molecule has 0 bridgehead atoms. The van der Waals surface area contributed by atoms with Gasteiger partial charge < -0.3 is 4.57 Å². The molecule has 214 valence electrons. The van der Waals surface area contributed by atoms with Crippen LogP contribution in [0.5, 0.6) is 0 Å². The molecule has 0 aliphatic heterocycles. The lowest BCUT2D eigenvalue weighted by Crippen LogP contribution is -2.28. The van der Waals surface area contributed by atoms with Crippen molar-refractivity contribution in [2.45, 2.75) is 12.3 Å². The highest BCUT2D eigenvalue weighted by atomic mass is 15.0. The van der Waals surface area contributed by atoms with Gasteiger partial charge in [0.2, 0.25) is 0 Å². The Kier molecular flexibility index (Phi) is 6.43. The smallest absolute Gasteiger partial charge is 0.0728 e. The minimum Gasteiger partial charge on any atom is -0.309 e. The molecule has 2 heterocycles. The summed E-state index contributed by atoms with van der Waals surface area (Å²) in [6.45, 7) is 6.40. The summed E-state index contributed by atoms with van der Waals surface area (Å²) in [6.07, 6.45) is 10.2. The van der Waals surface area contributed by atoms with Crippen molar-refractivity contribution in [3.8, 4) is 11.1 Å². The average molecular weight is 577 g/mol. The van der Waals surface area contributed by atoms with Crippen molar-refractivity contribution in [2.24, 2.45) is 0 Å². The fourth-order valence-corrected chi connectivity index (χ4v) is 7.33. The van der Waals surface area contributed by atoms with Crippen LogP contribution < -0.4 is 0 Å². The molecule has 0 spiro atoms. The van der Waals surface area contributed by atoms with E-state index in [1.54, 1.807) is 0 Å². The van der Waals surface area contributed by atoms with Crippen LogP contribution in [-0.4, -0.2) is 9.55 Å². The summed E-state index contributed by atoms with van der Waals surface area (Å²) in [5.41, 5.74) is 12.9. The molecule has 2 nitrogen and oxygen atoms in total. The monoisotopic (exact) mass is 576 g/mol. The molecule has 0 fully saturated rings. The second kappa shape index (κ2) is 10.8. The van der Waals surface area contributed by atoms with Gasteiger partial charge >= 0.3 is 0 Å². The number of para-hydroxylation sites is 2. The van der Waals surface area contributed by atoms with Crippen molar-refractivity contribution >= 4 is 33.1 Å². The molecule has 7 aromatic rings. The zero-order valence-electron chi connectivity index (χ0n) is 25.2. The second-order valence-electron chi connectivity index (χ2n) is 11.7. The van der Waals surface area contributed by atoms with E-state index < -0.39 is 5.41 Å². The van der Waals surface area contributed by atoms with Crippen LogP contribution in [0.2, 0.25) is 0 Å². The first-order valence-electron chi connectivity index (χ1n) is 15.4. The van der Waals surface area contributed by atoms with Gasteiger partial charge in [-0.1, -0.05) is 122 Å². The van der Waals surface area contributed by atoms with Gasteiger partial charge in [-0.3, -0.25) is 4.98 Å². The SMILES string of the molecule is C=C/C(=C\C=C(/C)c1ccc2c(c1)-c1ccccc1C2(c1ccccc1)c1cccnc1)n1c2ccccc2c2ccccc21. The number of allylic oxidation sites excluding steroid dienone is 5. The summed E-state index contributed by atoms with van der Waals surface area (Å²) >= 11 is 0. The lowest BCUT2D eigenvalue weighted by Gasteiger charge is -2.33. The number of aromatic nitrogens is 2. The maximum Gasteiger partial charge on any atom is 0.0728 e. The van der Waals surface area contributed by atoms with Crippen LogP contribution >= 0.6 is 0 Å². The highest BCUT2D eigenvalue weighted by Gasteiger charge is 2.46. The van der Waals surface area contributed by atoms with E-state index in [1.807, 2.05) is 24.5 Å². The van der Waals surface area contributed by atoms with Gasteiger partial charge in [-0.15, -0.1) is 0 Å². The minimum absolute atomic E-state index is 0.440. The number of hydrogen-bond acceptors (Lipinski definition) is 1. The van der Waals surface area contributed by atoms with E-state index in [4.69, 9.17) is 0 Å². The lowest BCUT2D eigenvalue weighted by molar-refractivity contribution is 0.762. The first-order chi connectivity index (χ1) is 22.2. The van der Waals surface area contributed by atoms with Gasteiger partial charge in [0.1, 0.15) is 0 Å². The van der Waals surface area contributed by atoms with E-state index in [-0.39, 0.29) is 0 Å². The van der Waals surface area contributed by atoms with E-state index in [0.717, 1.165) is 5.70 Å². The van der Waals surface area contributed by atoms with Gasteiger partial charge in [-0.2, -0.15) is 0 Å². The zero-order valence-corrected chi connectivity index (χ0v) is 25.2. The Bertz CT molecular complexity index is 2190. The van der Waals surface area contributed by atoms with E-state index in [9.17, 15) is 0 Å². The Labute approximate surface area is 264 Å².